The number of nitrogens with one attached hydrogen (secondary N) is 1. The summed E-state index contributed by atoms with van der Waals surface area (Å²) in [5.41, 5.74) is 4.78. The smallest absolute Gasteiger partial charge is 0.272 e. The van der Waals surface area contributed by atoms with Crippen LogP contribution in [-0.2, 0) is 13.1 Å². The second kappa shape index (κ2) is 8.55. The van der Waals surface area contributed by atoms with Gasteiger partial charge in [-0.25, -0.2) is 4.98 Å². The van der Waals surface area contributed by atoms with Gasteiger partial charge in [0.1, 0.15) is 11.5 Å². The summed E-state index contributed by atoms with van der Waals surface area (Å²) in [7, 11) is 0. The van der Waals surface area contributed by atoms with Gasteiger partial charge in [-0.05, 0) is 42.3 Å². The van der Waals surface area contributed by atoms with Crippen LogP contribution in [0.5, 0.6) is 0 Å². The zero-order valence-corrected chi connectivity index (χ0v) is 17.9. The highest BCUT2D eigenvalue weighted by Gasteiger charge is 2.16. The monoisotopic (exact) mass is 420 g/mol. The molecule has 5 heteroatoms. The largest absolute Gasteiger partial charge is 0.332 e. The van der Waals surface area contributed by atoms with Crippen LogP contribution in [0, 0.1) is 6.92 Å². The lowest BCUT2D eigenvalue weighted by molar-refractivity contribution is 0.101. The normalized spacial score (nSPS) is 11.0. The van der Waals surface area contributed by atoms with Gasteiger partial charge in [-0.15, -0.1) is 0 Å². The van der Waals surface area contributed by atoms with Crippen LogP contribution in [0.2, 0.25) is 0 Å². The number of hydrogen-bond donors (Lipinski definition) is 1. The number of carbonyl (C=O) groups is 1. The van der Waals surface area contributed by atoms with Gasteiger partial charge in [-0.2, -0.15) is 0 Å². The van der Waals surface area contributed by atoms with Crippen molar-refractivity contribution < 1.29 is 4.79 Å². The van der Waals surface area contributed by atoms with E-state index in [0.717, 1.165) is 40.1 Å². The number of amides is 1. The summed E-state index contributed by atoms with van der Waals surface area (Å²) in [6.07, 6.45) is 3.77. The van der Waals surface area contributed by atoms with E-state index in [1.54, 1.807) is 6.20 Å². The Morgan fingerprint density at radius 1 is 0.875 bits per heavy atom. The number of aromatic nitrogens is 3. The second-order valence-electron chi connectivity index (χ2n) is 7.91. The molecule has 5 nitrogen and oxygen atoms in total. The maximum absolute atomic E-state index is 13.2. The molecule has 0 aliphatic rings. The molecule has 2 aromatic heterocycles. The first kappa shape index (κ1) is 19.8. The zero-order chi connectivity index (χ0) is 21.9. The SMILES string of the molecule is Cc1nccn1Cc1ccc(NC(=O)c2cc3ccccc3n2Cc2ccccc2)cc1. The van der Waals surface area contributed by atoms with Crippen LogP contribution in [0.4, 0.5) is 5.69 Å². The summed E-state index contributed by atoms with van der Waals surface area (Å²) in [6.45, 7) is 3.38. The number of para-hydroxylation sites is 1. The minimum Gasteiger partial charge on any atom is -0.332 e. The Morgan fingerprint density at radius 3 is 2.34 bits per heavy atom. The molecule has 1 N–H and O–H groups in total. The molecule has 0 spiro atoms. The molecule has 0 bridgehead atoms. The molecule has 5 rings (SSSR count). The van der Waals surface area contributed by atoms with Crippen LogP contribution in [0.3, 0.4) is 0 Å². The van der Waals surface area contributed by atoms with Crippen LogP contribution in [0.25, 0.3) is 10.9 Å². The van der Waals surface area contributed by atoms with E-state index >= 15 is 0 Å². The number of aryl methyl sites for hydroxylation is 1. The van der Waals surface area contributed by atoms with Crippen molar-refractivity contribution in [3.8, 4) is 0 Å². The highest BCUT2D eigenvalue weighted by Crippen LogP contribution is 2.23. The van der Waals surface area contributed by atoms with Crippen molar-refractivity contribution in [1.82, 2.24) is 14.1 Å². The van der Waals surface area contributed by atoms with Crippen molar-refractivity contribution in [2.75, 3.05) is 5.32 Å². The predicted molar refractivity (Wildman–Crippen MR) is 128 cm³/mol. The van der Waals surface area contributed by atoms with Gasteiger partial charge in [0, 0.05) is 42.1 Å². The van der Waals surface area contributed by atoms with Gasteiger partial charge in [-0.3, -0.25) is 4.79 Å². The van der Waals surface area contributed by atoms with Crippen molar-refractivity contribution in [2.24, 2.45) is 0 Å². The number of imidazole rings is 1. The van der Waals surface area contributed by atoms with Crippen molar-refractivity contribution in [2.45, 2.75) is 20.0 Å². The second-order valence-corrected chi connectivity index (χ2v) is 7.91. The lowest BCUT2D eigenvalue weighted by Gasteiger charge is -2.12. The molecule has 0 atom stereocenters. The molecular formula is C27H24N4O. The van der Waals surface area contributed by atoms with Gasteiger partial charge < -0.3 is 14.5 Å². The Kier molecular flexibility index (Phi) is 5.30. The predicted octanol–water partition coefficient (Wildman–Crippen LogP) is 5.50. The van der Waals surface area contributed by atoms with Gasteiger partial charge in [0.05, 0.1) is 0 Å². The van der Waals surface area contributed by atoms with Crippen LogP contribution < -0.4 is 5.32 Å². The van der Waals surface area contributed by atoms with Gasteiger partial charge in [-0.1, -0.05) is 60.7 Å². The standard InChI is InChI=1S/C27H24N4O/c1-20-28-15-16-30(20)18-22-11-13-24(14-12-22)29-27(32)26-17-23-9-5-6-10-25(23)31(26)19-21-7-3-2-4-8-21/h2-17H,18-19H2,1H3,(H,29,32). The molecular weight excluding hydrogens is 396 g/mol. The third-order valence-corrected chi connectivity index (χ3v) is 5.72. The number of rotatable bonds is 6. The van der Waals surface area contributed by atoms with E-state index in [4.69, 9.17) is 0 Å². The summed E-state index contributed by atoms with van der Waals surface area (Å²) < 4.78 is 4.17. The quantitative estimate of drug-likeness (QED) is 0.395. The van der Waals surface area contributed by atoms with Crippen LogP contribution in [0.15, 0.2) is 97.3 Å². The molecule has 0 unspecified atom stereocenters. The molecule has 3 aromatic carbocycles. The molecule has 0 saturated carbocycles. The number of carbonyl (C=O) groups excluding carboxylic acids is 1. The molecule has 32 heavy (non-hydrogen) atoms. The minimum atomic E-state index is -0.115. The van der Waals surface area contributed by atoms with E-state index in [2.05, 4.69) is 37.6 Å². The van der Waals surface area contributed by atoms with Gasteiger partial charge in [0.2, 0.25) is 0 Å². The molecule has 0 saturated heterocycles. The van der Waals surface area contributed by atoms with E-state index in [-0.39, 0.29) is 5.91 Å². The molecule has 0 fully saturated rings. The average Bonchev–Trinajstić information content (AvgIpc) is 3.39. The van der Waals surface area contributed by atoms with E-state index in [9.17, 15) is 4.79 Å². The average molecular weight is 421 g/mol. The molecule has 158 valence electrons. The first-order valence-corrected chi connectivity index (χ1v) is 10.7. The Morgan fingerprint density at radius 2 is 1.59 bits per heavy atom. The maximum atomic E-state index is 13.2. The molecule has 2 heterocycles. The number of fused-ring (bicyclic) bond motifs is 1. The maximum Gasteiger partial charge on any atom is 0.272 e. The number of benzene rings is 3. The lowest BCUT2D eigenvalue weighted by atomic mass is 10.2. The van der Waals surface area contributed by atoms with Gasteiger partial charge in [0.15, 0.2) is 0 Å². The van der Waals surface area contributed by atoms with E-state index in [1.807, 2.05) is 79.9 Å². The summed E-state index contributed by atoms with van der Waals surface area (Å²) in [4.78, 5) is 17.5. The van der Waals surface area contributed by atoms with Crippen molar-refractivity contribution in [1.29, 1.82) is 0 Å². The lowest BCUT2D eigenvalue weighted by Crippen LogP contribution is -2.17. The fourth-order valence-corrected chi connectivity index (χ4v) is 3.99. The van der Waals surface area contributed by atoms with Gasteiger partial charge in [0.25, 0.3) is 5.91 Å². The molecule has 0 aliphatic heterocycles. The Balaban J connectivity index is 1.39. The van der Waals surface area contributed by atoms with E-state index < -0.39 is 0 Å². The first-order chi connectivity index (χ1) is 15.7. The number of nitrogens with zero attached hydrogens (tertiary/aromatic N) is 3. The zero-order valence-electron chi connectivity index (χ0n) is 17.9. The van der Waals surface area contributed by atoms with E-state index in [1.165, 1.54) is 0 Å². The Bertz CT molecular complexity index is 1360. The number of anilines is 1. The fraction of sp³-hybridized carbons (Fsp3) is 0.111. The van der Waals surface area contributed by atoms with Crippen LogP contribution >= 0.6 is 0 Å². The Labute approximate surface area is 187 Å². The van der Waals surface area contributed by atoms with Gasteiger partial charge >= 0.3 is 0 Å². The summed E-state index contributed by atoms with van der Waals surface area (Å²) in [5.74, 6) is 0.865. The van der Waals surface area contributed by atoms with Crippen molar-refractivity contribution in [3.63, 3.8) is 0 Å². The molecule has 5 aromatic rings. The number of hydrogen-bond acceptors (Lipinski definition) is 2. The van der Waals surface area contributed by atoms with Crippen LogP contribution in [-0.4, -0.2) is 20.0 Å². The van der Waals surface area contributed by atoms with Crippen molar-refractivity contribution >= 4 is 22.5 Å². The topological polar surface area (TPSA) is 51.9 Å². The van der Waals surface area contributed by atoms with E-state index in [0.29, 0.717) is 12.2 Å². The summed E-state index contributed by atoms with van der Waals surface area (Å²) in [5, 5.41) is 4.12. The first-order valence-electron chi connectivity index (χ1n) is 10.7. The highest BCUT2D eigenvalue weighted by atomic mass is 16.1. The molecule has 0 aliphatic carbocycles. The molecule has 0 radical (unpaired) electrons. The minimum absolute atomic E-state index is 0.115. The fourth-order valence-electron chi connectivity index (χ4n) is 3.99. The third-order valence-electron chi connectivity index (χ3n) is 5.72. The Hall–Kier alpha value is -4.12. The highest BCUT2D eigenvalue weighted by molar-refractivity contribution is 6.06. The van der Waals surface area contributed by atoms with Crippen molar-refractivity contribution in [3.05, 3.63) is 120 Å². The molecule has 1 amide bonds. The summed E-state index contributed by atoms with van der Waals surface area (Å²) in [6, 6.07) is 28.2. The third kappa shape index (κ3) is 4.05. The summed E-state index contributed by atoms with van der Waals surface area (Å²) >= 11 is 0. The van der Waals surface area contributed by atoms with Crippen LogP contribution in [0.1, 0.15) is 27.4 Å².